The number of fused-ring (bicyclic) bond motifs is 1. The number of ether oxygens (including phenoxy) is 1. The van der Waals surface area contributed by atoms with Crippen LogP contribution in [0.15, 0.2) is 42.7 Å². The molecule has 0 spiro atoms. The first-order valence-electron chi connectivity index (χ1n) is 12.8. The number of halogens is 5. The number of carbonyl (C=O) groups excluding carboxylic acids is 2. The van der Waals surface area contributed by atoms with Gasteiger partial charge in [0.05, 0.1) is 36.0 Å². The molecule has 16 heteroatoms. The Bertz CT molecular complexity index is 1730. The predicted molar refractivity (Wildman–Crippen MR) is 152 cm³/mol. The van der Waals surface area contributed by atoms with Crippen LogP contribution in [-0.2, 0) is 15.7 Å². The second-order valence-electron chi connectivity index (χ2n) is 9.88. The molecule has 43 heavy (non-hydrogen) atoms. The summed E-state index contributed by atoms with van der Waals surface area (Å²) in [5.41, 5.74) is 6.21. The van der Waals surface area contributed by atoms with Crippen molar-refractivity contribution < 1.29 is 32.6 Å². The first-order valence-corrected chi connectivity index (χ1v) is 13.6. The second kappa shape index (κ2) is 11.6. The number of pyridine rings is 1. The van der Waals surface area contributed by atoms with E-state index in [2.05, 4.69) is 15.3 Å². The van der Waals surface area contributed by atoms with Crippen LogP contribution in [0, 0.1) is 0 Å². The van der Waals surface area contributed by atoms with Crippen molar-refractivity contribution in [1.82, 2.24) is 24.3 Å². The van der Waals surface area contributed by atoms with E-state index >= 15 is 0 Å². The fraction of sp³-hybridized carbons (Fsp3) is 0.296. The number of hydrogen-bond donors (Lipinski definition) is 3. The molecule has 11 nitrogen and oxygen atoms in total. The van der Waals surface area contributed by atoms with Gasteiger partial charge in [0, 0.05) is 17.3 Å². The average Bonchev–Trinajstić information content (AvgIpc) is 3.36. The van der Waals surface area contributed by atoms with Gasteiger partial charge in [-0.1, -0.05) is 29.3 Å². The summed E-state index contributed by atoms with van der Waals surface area (Å²) in [6.45, 7) is 3.41. The van der Waals surface area contributed by atoms with Crippen molar-refractivity contribution in [2.24, 2.45) is 0 Å². The smallest absolute Gasteiger partial charge is 0.384 e. The summed E-state index contributed by atoms with van der Waals surface area (Å²) in [4.78, 5) is 39.6. The van der Waals surface area contributed by atoms with Crippen molar-refractivity contribution in [3.63, 3.8) is 0 Å². The molecule has 1 unspecified atom stereocenters. The lowest BCUT2D eigenvalue weighted by atomic mass is 10.1. The van der Waals surface area contributed by atoms with Gasteiger partial charge in [0.15, 0.2) is 0 Å². The molecule has 0 saturated carbocycles. The molecule has 226 valence electrons. The van der Waals surface area contributed by atoms with Crippen LogP contribution in [0.1, 0.15) is 41.7 Å². The van der Waals surface area contributed by atoms with E-state index in [9.17, 15) is 27.9 Å². The molecule has 4 heterocycles. The zero-order chi connectivity index (χ0) is 31.2. The Morgan fingerprint density at radius 1 is 1.21 bits per heavy atom. The van der Waals surface area contributed by atoms with Crippen molar-refractivity contribution in [1.29, 1.82) is 0 Å². The summed E-state index contributed by atoms with van der Waals surface area (Å²) >= 11 is 13.1. The highest BCUT2D eigenvalue weighted by Gasteiger charge is 2.36. The number of nitrogens with zero attached hydrogens (tertiary/aromatic N) is 5. The van der Waals surface area contributed by atoms with E-state index in [0.29, 0.717) is 16.9 Å². The molecular weight excluding hydrogens is 614 g/mol. The summed E-state index contributed by atoms with van der Waals surface area (Å²) in [5.74, 6) is -1.14. The molecule has 1 aromatic carbocycles. The van der Waals surface area contributed by atoms with Gasteiger partial charge in [-0.2, -0.15) is 13.2 Å². The maximum atomic E-state index is 13.1. The van der Waals surface area contributed by atoms with Crippen LogP contribution in [0.4, 0.5) is 24.8 Å². The normalized spacial score (nSPS) is 18.1. The quantitative estimate of drug-likeness (QED) is 0.287. The Morgan fingerprint density at radius 3 is 2.63 bits per heavy atom. The zero-order valence-corrected chi connectivity index (χ0v) is 24.1. The highest BCUT2D eigenvalue weighted by Crippen LogP contribution is 2.38. The van der Waals surface area contributed by atoms with Crippen molar-refractivity contribution in [3.8, 4) is 11.3 Å². The van der Waals surface area contributed by atoms with Crippen molar-refractivity contribution in [2.45, 2.75) is 38.3 Å². The number of hydrogen-bond acceptors (Lipinski definition) is 8. The zero-order valence-electron chi connectivity index (χ0n) is 22.6. The molecule has 3 atom stereocenters. The molecule has 4 aromatic rings. The molecule has 2 amide bonds. The molecule has 1 fully saturated rings. The number of alkyl halides is 3. The van der Waals surface area contributed by atoms with Gasteiger partial charge < -0.3 is 25.8 Å². The third-order valence-corrected chi connectivity index (χ3v) is 7.43. The number of morpholine rings is 1. The Labute approximate surface area is 252 Å². The lowest BCUT2D eigenvalue weighted by molar-refractivity contribution is -0.152. The number of anilines is 2. The number of nitrogens with two attached hydrogens (primary N) is 1. The van der Waals surface area contributed by atoms with E-state index in [4.69, 9.17) is 38.7 Å². The molecule has 0 radical (unpaired) electrons. The average molecular weight is 638 g/mol. The van der Waals surface area contributed by atoms with Crippen LogP contribution < -0.4 is 11.1 Å². The standard InChI is InChI=1S/C27H24Cl2F3N7O4/c1-12-11-43-18(10-38(12)26(42)13(2)40)24-37-21(22-23(33)35-9-19(29)39(22)24)16-4-3-14(7-17(16)28)25(41)36-20-8-15(5-6-34-20)27(30,31)32/h3-9,12-13,18,40H,10-11H2,1-2H3,(H2,33,35)(H,34,36,41)/t12-,13?,18+/m0/s1. The lowest BCUT2D eigenvalue weighted by Crippen LogP contribution is -2.51. The Kier molecular flexibility index (Phi) is 8.22. The molecule has 0 aliphatic carbocycles. The Hall–Kier alpha value is -3.98. The SMILES string of the molecule is CC(O)C(=O)N1C[C@H](c2nc(-c3ccc(C(=O)Nc4cc(C(F)(F)F)ccn4)cc3Cl)c3c(N)ncc(Cl)n23)OC[C@@H]1C. The maximum Gasteiger partial charge on any atom is 0.416 e. The molecule has 1 saturated heterocycles. The molecule has 0 bridgehead atoms. The second-order valence-corrected chi connectivity index (χ2v) is 10.7. The minimum Gasteiger partial charge on any atom is -0.384 e. The number of aliphatic hydroxyl groups is 1. The molecular formula is C27H24Cl2F3N7O4. The van der Waals surface area contributed by atoms with Crippen molar-refractivity contribution in [3.05, 3.63) is 69.9 Å². The van der Waals surface area contributed by atoms with Crippen LogP contribution >= 0.6 is 23.2 Å². The van der Waals surface area contributed by atoms with Gasteiger partial charge in [0.1, 0.15) is 46.0 Å². The van der Waals surface area contributed by atoms with Gasteiger partial charge in [0.25, 0.3) is 11.8 Å². The third-order valence-electron chi connectivity index (χ3n) is 6.85. The number of benzene rings is 1. The van der Waals surface area contributed by atoms with E-state index in [1.807, 2.05) is 0 Å². The van der Waals surface area contributed by atoms with E-state index in [-0.39, 0.29) is 52.3 Å². The summed E-state index contributed by atoms with van der Waals surface area (Å²) in [7, 11) is 0. The van der Waals surface area contributed by atoms with Gasteiger partial charge in [-0.25, -0.2) is 15.0 Å². The predicted octanol–water partition coefficient (Wildman–Crippen LogP) is 4.62. The first-order chi connectivity index (χ1) is 20.3. The molecule has 4 N–H and O–H groups in total. The Balaban J connectivity index is 1.50. The summed E-state index contributed by atoms with van der Waals surface area (Å²) < 4.78 is 46.7. The van der Waals surface area contributed by atoms with E-state index in [0.717, 1.165) is 18.3 Å². The lowest BCUT2D eigenvalue weighted by Gasteiger charge is -2.38. The number of aliphatic hydroxyl groups excluding tert-OH is 1. The fourth-order valence-corrected chi connectivity index (χ4v) is 5.20. The highest BCUT2D eigenvalue weighted by molar-refractivity contribution is 6.34. The van der Waals surface area contributed by atoms with Crippen molar-refractivity contribution in [2.75, 3.05) is 24.2 Å². The topological polar surface area (TPSA) is 148 Å². The number of aromatic nitrogens is 4. The number of amides is 2. The van der Waals surface area contributed by atoms with Crippen LogP contribution in [0.3, 0.4) is 0 Å². The summed E-state index contributed by atoms with van der Waals surface area (Å²) in [6, 6.07) is 5.43. The van der Waals surface area contributed by atoms with Gasteiger partial charge in [-0.05, 0) is 38.1 Å². The maximum absolute atomic E-state index is 13.1. The largest absolute Gasteiger partial charge is 0.416 e. The van der Waals surface area contributed by atoms with E-state index in [1.165, 1.54) is 40.6 Å². The van der Waals surface area contributed by atoms with E-state index < -0.39 is 35.8 Å². The molecule has 5 rings (SSSR count). The monoisotopic (exact) mass is 637 g/mol. The summed E-state index contributed by atoms with van der Waals surface area (Å²) in [5, 5.41) is 12.4. The van der Waals surface area contributed by atoms with E-state index in [1.54, 1.807) is 6.92 Å². The number of carbonyl (C=O) groups is 2. The third kappa shape index (κ3) is 5.95. The number of imidazole rings is 1. The number of rotatable bonds is 5. The van der Waals surface area contributed by atoms with Gasteiger partial charge >= 0.3 is 6.18 Å². The minimum atomic E-state index is -4.61. The highest BCUT2D eigenvalue weighted by atomic mass is 35.5. The molecule has 3 aromatic heterocycles. The van der Waals surface area contributed by atoms with Crippen LogP contribution in [0.2, 0.25) is 10.2 Å². The van der Waals surface area contributed by atoms with Crippen LogP contribution in [0.25, 0.3) is 16.8 Å². The van der Waals surface area contributed by atoms with Gasteiger partial charge in [-0.3, -0.25) is 14.0 Å². The summed E-state index contributed by atoms with van der Waals surface area (Å²) in [6.07, 6.45) is -4.31. The van der Waals surface area contributed by atoms with Crippen molar-refractivity contribution >= 4 is 52.2 Å². The number of nitrogen functional groups attached to an aromatic ring is 1. The Morgan fingerprint density at radius 2 is 1.95 bits per heavy atom. The fourth-order valence-electron chi connectivity index (χ4n) is 4.71. The van der Waals surface area contributed by atoms with Crippen LogP contribution in [-0.4, -0.2) is 66.5 Å². The number of nitrogens with one attached hydrogen (secondary N) is 1. The van der Waals surface area contributed by atoms with Gasteiger partial charge in [-0.15, -0.1) is 0 Å². The minimum absolute atomic E-state index is 0.0395. The molecule has 1 aliphatic heterocycles. The molecule has 1 aliphatic rings. The first kappa shape index (κ1) is 30.5. The van der Waals surface area contributed by atoms with Crippen LogP contribution in [0.5, 0.6) is 0 Å². The van der Waals surface area contributed by atoms with Gasteiger partial charge in [0.2, 0.25) is 0 Å².